The van der Waals surface area contributed by atoms with Crippen LogP contribution in [0, 0.1) is 0 Å². The Morgan fingerprint density at radius 2 is 2.10 bits per heavy atom. The lowest BCUT2D eigenvalue weighted by molar-refractivity contribution is -0.0775. The number of nitrogens with zero attached hydrogens (tertiary/aromatic N) is 1. The highest BCUT2D eigenvalue weighted by Gasteiger charge is 2.08. The van der Waals surface area contributed by atoms with Crippen molar-refractivity contribution in [2.45, 2.75) is 26.0 Å². The van der Waals surface area contributed by atoms with Crippen molar-refractivity contribution >= 4 is 0 Å². The van der Waals surface area contributed by atoms with Gasteiger partial charge in [-0.3, -0.25) is 4.90 Å². The third kappa shape index (κ3) is 3.80. The van der Waals surface area contributed by atoms with Crippen molar-refractivity contribution in [1.29, 1.82) is 0 Å². The molecule has 1 unspecified atom stereocenters. The molecule has 0 aliphatic carbocycles. The molecule has 0 saturated heterocycles. The largest absolute Gasteiger partial charge is 0.332 e. The predicted octanol–water partition coefficient (Wildman–Crippen LogP) is 1.62. The van der Waals surface area contributed by atoms with Crippen LogP contribution >= 0.6 is 0 Å². The number of alkyl halides is 1. The fourth-order valence-corrected chi connectivity index (χ4v) is 0.810. The minimum Gasteiger partial charge on any atom is -0.332 e. The second kappa shape index (κ2) is 5.62. The standard InChI is InChI=1S/C7H16FNO/c1-4-5-7(9(2)3)10-6-8/h7H,4-6H2,1-3H3. The fraction of sp³-hybridized carbons (Fsp3) is 1.00. The third-order valence-corrected chi connectivity index (χ3v) is 1.37. The van der Waals surface area contributed by atoms with Gasteiger partial charge in [-0.25, -0.2) is 4.39 Å². The molecule has 62 valence electrons. The van der Waals surface area contributed by atoms with Crippen LogP contribution in [-0.4, -0.2) is 32.1 Å². The van der Waals surface area contributed by atoms with E-state index >= 15 is 0 Å². The van der Waals surface area contributed by atoms with Gasteiger partial charge < -0.3 is 4.74 Å². The summed E-state index contributed by atoms with van der Waals surface area (Å²) in [7, 11) is 3.77. The minimum atomic E-state index is -0.692. The molecule has 0 spiro atoms. The average Bonchev–Trinajstić information content (AvgIpc) is 1.87. The Morgan fingerprint density at radius 1 is 1.50 bits per heavy atom. The van der Waals surface area contributed by atoms with Gasteiger partial charge in [-0.1, -0.05) is 13.3 Å². The summed E-state index contributed by atoms with van der Waals surface area (Å²) in [4.78, 5) is 1.88. The lowest BCUT2D eigenvalue weighted by Gasteiger charge is -2.22. The number of halogens is 1. The highest BCUT2D eigenvalue weighted by atomic mass is 19.1. The lowest BCUT2D eigenvalue weighted by Crippen LogP contribution is -2.30. The van der Waals surface area contributed by atoms with Crippen molar-refractivity contribution in [3.05, 3.63) is 0 Å². The summed E-state index contributed by atoms with van der Waals surface area (Å²) in [6.07, 6.45) is 1.84. The molecule has 0 saturated carbocycles. The van der Waals surface area contributed by atoms with Gasteiger partial charge in [-0.05, 0) is 20.5 Å². The highest BCUT2D eigenvalue weighted by Crippen LogP contribution is 2.04. The molecule has 3 heteroatoms. The van der Waals surface area contributed by atoms with Crippen molar-refractivity contribution in [2.24, 2.45) is 0 Å². The van der Waals surface area contributed by atoms with Crippen LogP contribution in [-0.2, 0) is 4.74 Å². The van der Waals surface area contributed by atoms with Crippen molar-refractivity contribution < 1.29 is 9.13 Å². The lowest BCUT2D eigenvalue weighted by atomic mass is 10.3. The zero-order valence-corrected chi connectivity index (χ0v) is 6.93. The summed E-state index contributed by atoms with van der Waals surface area (Å²) >= 11 is 0. The number of ether oxygens (including phenoxy) is 1. The van der Waals surface area contributed by atoms with E-state index in [0.29, 0.717) is 0 Å². The van der Waals surface area contributed by atoms with Crippen LogP contribution in [0.4, 0.5) is 4.39 Å². The first-order chi connectivity index (χ1) is 4.72. The first-order valence-electron chi connectivity index (χ1n) is 3.56. The zero-order chi connectivity index (χ0) is 7.98. The molecule has 0 aromatic heterocycles. The van der Waals surface area contributed by atoms with E-state index in [2.05, 4.69) is 6.92 Å². The Morgan fingerprint density at radius 3 is 2.40 bits per heavy atom. The quantitative estimate of drug-likeness (QED) is 0.551. The molecule has 0 aromatic carbocycles. The molecule has 0 aromatic rings. The SMILES string of the molecule is CCCC(OCF)N(C)C. The van der Waals surface area contributed by atoms with E-state index in [1.54, 1.807) is 0 Å². The summed E-state index contributed by atoms with van der Waals surface area (Å²) in [6, 6.07) is 0. The Balaban J connectivity index is 3.50. The topological polar surface area (TPSA) is 12.5 Å². The average molecular weight is 149 g/mol. The summed E-state index contributed by atoms with van der Waals surface area (Å²) in [5, 5.41) is 0. The highest BCUT2D eigenvalue weighted by molar-refractivity contribution is 4.51. The van der Waals surface area contributed by atoms with Crippen LogP contribution in [0.2, 0.25) is 0 Å². The van der Waals surface area contributed by atoms with Crippen LogP contribution < -0.4 is 0 Å². The molecule has 0 fully saturated rings. The number of rotatable bonds is 5. The molecule has 10 heavy (non-hydrogen) atoms. The van der Waals surface area contributed by atoms with E-state index in [4.69, 9.17) is 4.74 Å². The molecule has 0 N–H and O–H groups in total. The first kappa shape index (κ1) is 9.85. The fourth-order valence-electron chi connectivity index (χ4n) is 0.810. The van der Waals surface area contributed by atoms with Gasteiger partial charge in [0, 0.05) is 0 Å². The maximum absolute atomic E-state index is 11.7. The number of hydrogen-bond acceptors (Lipinski definition) is 2. The van der Waals surface area contributed by atoms with Crippen molar-refractivity contribution in [3.63, 3.8) is 0 Å². The summed E-state index contributed by atoms with van der Waals surface area (Å²) in [5.74, 6) is 0. The van der Waals surface area contributed by atoms with Crippen molar-refractivity contribution in [2.75, 3.05) is 21.0 Å². The predicted molar refractivity (Wildman–Crippen MR) is 39.4 cm³/mol. The molecule has 0 radical (unpaired) electrons. The van der Waals surface area contributed by atoms with Gasteiger partial charge in [-0.15, -0.1) is 0 Å². The van der Waals surface area contributed by atoms with E-state index in [9.17, 15) is 4.39 Å². The van der Waals surface area contributed by atoms with Gasteiger partial charge in [0.25, 0.3) is 0 Å². The van der Waals surface area contributed by atoms with Gasteiger partial charge in [-0.2, -0.15) is 0 Å². The smallest absolute Gasteiger partial charge is 0.190 e. The van der Waals surface area contributed by atoms with E-state index in [0.717, 1.165) is 12.8 Å². The van der Waals surface area contributed by atoms with Gasteiger partial charge in [0.2, 0.25) is 0 Å². The molecule has 0 bridgehead atoms. The van der Waals surface area contributed by atoms with Gasteiger partial charge in [0.1, 0.15) is 6.23 Å². The van der Waals surface area contributed by atoms with Crippen LogP contribution in [0.15, 0.2) is 0 Å². The molecule has 0 rings (SSSR count). The number of hydrogen-bond donors (Lipinski definition) is 0. The molecule has 2 nitrogen and oxygen atoms in total. The minimum absolute atomic E-state index is 0.0602. The molecule has 0 heterocycles. The molecular formula is C7H16FNO. The Labute approximate surface area is 62.0 Å². The van der Waals surface area contributed by atoms with Crippen LogP contribution in [0.25, 0.3) is 0 Å². The summed E-state index contributed by atoms with van der Waals surface area (Å²) < 4.78 is 16.5. The second-order valence-electron chi connectivity index (χ2n) is 2.48. The van der Waals surface area contributed by atoms with E-state index in [1.165, 1.54) is 0 Å². The van der Waals surface area contributed by atoms with Crippen molar-refractivity contribution in [1.82, 2.24) is 4.90 Å². The molecule has 1 atom stereocenters. The zero-order valence-electron chi connectivity index (χ0n) is 6.93. The van der Waals surface area contributed by atoms with E-state index in [-0.39, 0.29) is 6.23 Å². The van der Waals surface area contributed by atoms with Gasteiger partial charge in [0.05, 0.1) is 0 Å². The Bertz CT molecular complexity index is 72.0. The second-order valence-corrected chi connectivity index (χ2v) is 2.48. The van der Waals surface area contributed by atoms with Crippen LogP contribution in [0.5, 0.6) is 0 Å². The normalized spacial score (nSPS) is 14.1. The third-order valence-electron chi connectivity index (χ3n) is 1.37. The van der Waals surface area contributed by atoms with Gasteiger partial charge >= 0.3 is 0 Å². The maximum Gasteiger partial charge on any atom is 0.190 e. The maximum atomic E-state index is 11.7. The Kier molecular flexibility index (Phi) is 5.54. The molecule has 0 aliphatic heterocycles. The molecule has 0 aliphatic rings. The monoisotopic (exact) mass is 149 g/mol. The van der Waals surface area contributed by atoms with Gasteiger partial charge in [0.15, 0.2) is 6.86 Å². The van der Waals surface area contributed by atoms with E-state index in [1.807, 2.05) is 19.0 Å². The molecule has 0 amide bonds. The Hall–Kier alpha value is -0.150. The van der Waals surface area contributed by atoms with Crippen molar-refractivity contribution in [3.8, 4) is 0 Å². The summed E-state index contributed by atoms with van der Waals surface area (Å²) in [5.41, 5.74) is 0. The first-order valence-corrected chi connectivity index (χ1v) is 3.56. The van der Waals surface area contributed by atoms with Crippen LogP contribution in [0.1, 0.15) is 19.8 Å². The van der Waals surface area contributed by atoms with Crippen LogP contribution in [0.3, 0.4) is 0 Å². The molecular weight excluding hydrogens is 133 g/mol. The van der Waals surface area contributed by atoms with E-state index < -0.39 is 6.86 Å². The summed E-state index contributed by atoms with van der Waals surface area (Å²) in [6.45, 7) is 1.36.